The van der Waals surface area contributed by atoms with Crippen LogP contribution in [0, 0.1) is 17.1 Å². The normalized spacial score (nSPS) is 10.9. The van der Waals surface area contributed by atoms with Crippen LogP contribution < -0.4 is 20.1 Å². The summed E-state index contributed by atoms with van der Waals surface area (Å²) in [6.07, 6.45) is -1.83. The van der Waals surface area contributed by atoms with Crippen molar-refractivity contribution in [3.05, 3.63) is 65.2 Å². The van der Waals surface area contributed by atoms with E-state index in [-0.39, 0.29) is 22.6 Å². The van der Waals surface area contributed by atoms with E-state index in [4.69, 9.17) is 14.7 Å². The molecule has 0 amide bonds. The van der Waals surface area contributed by atoms with Crippen molar-refractivity contribution in [3.63, 3.8) is 0 Å². The molecule has 4 aromatic rings. The summed E-state index contributed by atoms with van der Waals surface area (Å²) in [5.41, 5.74) is 1.86. The molecule has 0 radical (unpaired) electrons. The van der Waals surface area contributed by atoms with Gasteiger partial charge < -0.3 is 24.7 Å². The van der Waals surface area contributed by atoms with Crippen LogP contribution in [0.15, 0.2) is 42.7 Å². The molecule has 36 heavy (non-hydrogen) atoms. The Bertz CT molecular complexity index is 1450. The number of pyridine rings is 1. The number of methoxy groups -OCH3 is 2. The Morgan fingerprint density at radius 1 is 1.11 bits per heavy atom. The van der Waals surface area contributed by atoms with Crippen LogP contribution in [0.25, 0.3) is 11.0 Å². The number of aryl methyl sites for hydroxylation is 1. The minimum absolute atomic E-state index is 0.0223. The van der Waals surface area contributed by atoms with Crippen molar-refractivity contribution in [1.29, 1.82) is 5.26 Å². The van der Waals surface area contributed by atoms with Gasteiger partial charge in [0, 0.05) is 37.7 Å². The average molecular weight is 496 g/mol. The van der Waals surface area contributed by atoms with E-state index >= 15 is 0 Å². The molecule has 0 aliphatic rings. The number of aromatic nitrogens is 3. The van der Waals surface area contributed by atoms with Gasteiger partial charge >= 0.3 is 0 Å². The summed E-state index contributed by atoms with van der Waals surface area (Å²) < 4.78 is 53.6. The number of nitriles is 1. The Balaban J connectivity index is 1.71. The smallest absolute Gasteiger partial charge is 0.242 e. The number of alkyl halides is 2. The number of hydrogen-bond acceptors (Lipinski definition) is 7. The van der Waals surface area contributed by atoms with Crippen molar-refractivity contribution in [2.75, 3.05) is 24.9 Å². The number of ether oxygens (including phenoxy) is 2. The lowest BCUT2D eigenvalue weighted by Crippen LogP contribution is -2.08. The van der Waals surface area contributed by atoms with Gasteiger partial charge in [0.2, 0.25) is 6.43 Å². The zero-order valence-electron chi connectivity index (χ0n) is 19.8. The van der Waals surface area contributed by atoms with Crippen molar-refractivity contribution in [2.45, 2.75) is 19.4 Å². The van der Waals surface area contributed by atoms with Crippen molar-refractivity contribution in [1.82, 2.24) is 14.5 Å². The second-order valence-corrected chi connectivity index (χ2v) is 7.93. The van der Waals surface area contributed by atoms with Gasteiger partial charge in [-0.1, -0.05) is 0 Å². The summed E-state index contributed by atoms with van der Waals surface area (Å²) in [6, 6.07) is 11.1. The molecule has 0 saturated heterocycles. The van der Waals surface area contributed by atoms with Crippen LogP contribution in [0.1, 0.15) is 16.7 Å². The van der Waals surface area contributed by atoms with Gasteiger partial charge in [-0.15, -0.1) is 0 Å². The number of halogens is 3. The van der Waals surface area contributed by atoms with Crippen molar-refractivity contribution in [2.24, 2.45) is 7.05 Å². The third kappa shape index (κ3) is 5.12. The quantitative estimate of drug-likeness (QED) is 0.330. The fourth-order valence-electron chi connectivity index (χ4n) is 3.82. The first kappa shape index (κ1) is 24.7. The second-order valence-electron chi connectivity index (χ2n) is 7.93. The second kappa shape index (κ2) is 10.4. The molecule has 2 heterocycles. The summed E-state index contributed by atoms with van der Waals surface area (Å²) in [5, 5.41) is 15.2. The molecular weight excluding hydrogens is 473 g/mol. The number of nitrogens with one attached hydrogen (secondary N) is 2. The monoisotopic (exact) mass is 496 g/mol. The fraction of sp³-hybridized carbons (Fsp3) is 0.240. The molecule has 0 aliphatic carbocycles. The first-order valence-corrected chi connectivity index (χ1v) is 10.9. The minimum Gasteiger partial charge on any atom is -0.497 e. The number of benzene rings is 2. The van der Waals surface area contributed by atoms with E-state index in [1.165, 1.54) is 6.07 Å². The lowest BCUT2D eigenvalue weighted by molar-refractivity contribution is 0.149. The lowest BCUT2D eigenvalue weighted by atomic mass is 10.1. The highest BCUT2D eigenvalue weighted by atomic mass is 19.3. The zero-order chi connectivity index (χ0) is 25.8. The summed E-state index contributed by atoms with van der Waals surface area (Å²) in [4.78, 5) is 8.93. The number of nitrogens with zero attached hydrogens (tertiary/aromatic N) is 4. The first-order chi connectivity index (χ1) is 17.3. The van der Waals surface area contributed by atoms with Gasteiger partial charge in [0.05, 0.1) is 43.4 Å². The molecule has 186 valence electrons. The molecule has 0 spiro atoms. The van der Waals surface area contributed by atoms with E-state index in [0.717, 1.165) is 11.6 Å². The molecule has 4 rings (SSSR count). The van der Waals surface area contributed by atoms with Crippen LogP contribution in [0.5, 0.6) is 11.5 Å². The van der Waals surface area contributed by atoms with Crippen molar-refractivity contribution >= 4 is 28.4 Å². The van der Waals surface area contributed by atoms with Crippen LogP contribution in [-0.4, -0.2) is 35.2 Å². The Morgan fingerprint density at radius 3 is 2.61 bits per heavy atom. The van der Waals surface area contributed by atoms with Crippen LogP contribution in [0.3, 0.4) is 0 Å². The molecule has 8 nitrogen and oxygen atoms in total. The number of fused-ring (bicyclic) bond motifs is 1. The van der Waals surface area contributed by atoms with E-state index in [2.05, 4.69) is 20.6 Å². The van der Waals surface area contributed by atoms with Gasteiger partial charge in [0.25, 0.3) is 0 Å². The maximum atomic E-state index is 14.8. The first-order valence-electron chi connectivity index (χ1n) is 10.9. The molecule has 2 N–H and O–H groups in total. The molecule has 0 saturated carbocycles. The molecule has 11 heteroatoms. The SMILES string of the molecule is COc1ccc(CNc2nc(Nc3c(F)cc(C#N)cc3CC(F)F)cc3c2ncn3C)c(OC)c1. The van der Waals surface area contributed by atoms with E-state index in [0.29, 0.717) is 34.9 Å². The summed E-state index contributed by atoms with van der Waals surface area (Å²) in [7, 11) is 4.91. The maximum absolute atomic E-state index is 14.8. The molecule has 0 aliphatic heterocycles. The predicted octanol–water partition coefficient (Wildman–Crippen LogP) is 5.16. The van der Waals surface area contributed by atoms with Gasteiger partial charge in [-0.3, -0.25) is 0 Å². The molecular formula is C25H23F3N6O2. The molecule has 0 atom stereocenters. The van der Waals surface area contributed by atoms with Crippen LogP contribution in [-0.2, 0) is 20.0 Å². The molecule has 0 bridgehead atoms. The molecule has 0 unspecified atom stereocenters. The van der Waals surface area contributed by atoms with E-state index in [1.54, 1.807) is 56.4 Å². The molecule has 0 fully saturated rings. The number of rotatable bonds is 9. The number of imidazole rings is 1. The summed E-state index contributed by atoms with van der Waals surface area (Å²) in [6.45, 7) is 0.331. The van der Waals surface area contributed by atoms with Crippen molar-refractivity contribution in [3.8, 4) is 17.6 Å². The van der Waals surface area contributed by atoms with Gasteiger partial charge in [-0.25, -0.2) is 23.1 Å². The van der Waals surface area contributed by atoms with Crippen LogP contribution in [0.4, 0.5) is 30.5 Å². The van der Waals surface area contributed by atoms with E-state index < -0.39 is 18.7 Å². The predicted molar refractivity (Wildman–Crippen MR) is 129 cm³/mol. The fourth-order valence-corrected chi connectivity index (χ4v) is 3.82. The van der Waals surface area contributed by atoms with Gasteiger partial charge in [0.15, 0.2) is 5.82 Å². The summed E-state index contributed by atoms with van der Waals surface area (Å²) >= 11 is 0. The van der Waals surface area contributed by atoms with Crippen LogP contribution >= 0.6 is 0 Å². The Labute approximate surface area is 205 Å². The average Bonchev–Trinajstić information content (AvgIpc) is 3.24. The Morgan fingerprint density at radius 2 is 1.92 bits per heavy atom. The lowest BCUT2D eigenvalue weighted by Gasteiger charge is -2.16. The third-order valence-electron chi connectivity index (χ3n) is 5.58. The largest absolute Gasteiger partial charge is 0.497 e. The standard InChI is InChI=1S/C25H23F3N6O2/c1-34-13-31-24-19(34)10-22(32-23-16(8-21(27)28)6-14(11-29)7-18(23)26)33-25(24)30-12-15-4-5-17(35-2)9-20(15)36-3/h4-7,9-10,13,21H,8,12H2,1-3H3,(H2,30,32,33). The zero-order valence-corrected chi connectivity index (χ0v) is 19.8. The highest BCUT2D eigenvalue weighted by molar-refractivity contribution is 5.89. The summed E-state index contributed by atoms with van der Waals surface area (Å²) in [5.74, 6) is 1.06. The topological polar surface area (TPSA) is 97.0 Å². The van der Waals surface area contributed by atoms with Gasteiger partial charge in [-0.05, 0) is 29.8 Å². The van der Waals surface area contributed by atoms with E-state index in [1.807, 2.05) is 6.07 Å². The molecule has 2 aromatic heterocycles. The number of anilines is 3. The Kier molecular flexibility index (Phi) is 7.15. The van der Waals surface area contributed by atoms with Gasteiger partial charge in [0.1, 0.15) is 28.7 Å². The third-order valence-corrected chi connectivity index (χ3v) is 5.58. The highest BCUT2D eigenvalue weighted by Crippen LogP contribution is 2.31. The number of hydrogen-bond donors (Lipinski definition) is 2. The maximum Gasteiger partial charge on any atom is 0.242 e. The molecule has 2 aromatic carbocycles. The highest BCUT2D eigenvalue weighted by Gasteiger charge is 2.18. The van der Waals surface area contributed by atoms with Gasteiger partial charge in [-0.2, -0.15) is 5.26 Å². The van der Waals surface area contributed by atoms with Crippen molar-refractivity contribution < 1.29 is 22.6 Å². The minimum atomic E-state index is -2.72. The van der Waals surface area contributed by atoms with E-state index in [9.17, 15) is 13.2 Å². The Hall–Kier alpha value is -4.46. The van der Waals surface area contributed by atoms with Crippen LogP contribution in [0.2, 0.25) is 0 Å².